The summed E-state index contributed by atoms with van der Waals surface area (Å²) in [6.45, 7) is 6.99. The van der Waals surface area contributed by atoms with Crippen LogP contribution in [0.15, 0.2) is 6.20 Å². The number of nitrogens with zero attached hydrogens (tertiary/aromatic N) is 2. The molecular formula is C10H19N3O. The van der Waals surface area contributed by atoms with Gasteiger partial charge in [0.05, 0.1) is 19.0 Å². The highest BCUT2D eigenvalue weighted by molar-refractivity contribution is 5.29. The molecule has 0 radical (unpaired) electrons. The van der Waals surface area contributed by atoms with Gasteiger partial charge in [0, 0.05) is 18.5 Å². The Labute approximate surface area is 85.0 Å². The average Bonchev–Trinajstić information content (AvgIpc) is 2.58. The van der Waals surface area contributed by atoms with Gasteiger partial charge in [-0.25, -0.2) is 0 Å². The molecule has 1 rings (SSSR count). The summed E-state index contributed by atoms with van der Waals surface area (Å²) in [5.41, 5.74) is 6.97. The van der Waals surface area contributed by atoms with Crippen LogP contribution in [0.1, 0.15) is 32.4 Å². The molecule has 0 aliphatic rings. The van der Waals surface area contributed by atoms with E-state index in [2.05, 4.69) is 18.9 Å². The number of rotatable bonds is 4. The van der Waals surface area contributed by atoms with Crippen molar-refractivity contribution in [1.29, 1.82) is 0 Å². The molecule has 4 heteroatoms. The summed E-state index contributed by atoms with van der Waals surface area (Å²) in [5, 5.41) is 4.25. The number of nitrogens with two attached hydrogens (primary N) is 1. The van der Waals surface area contributed by atoms with Crippen LogP contribution in [0.5, 0.6) is 5.75 Å². The van der Waals surface area contributed by atoms with Gasteiger partial charge in [-0.05, 0) is 13.8 Å². The summed E-state index contributed by atoms with van der Waals surface area (Å²) in [5.74, 6) is 1.09. The Morgan fingerprint density at radius 3 is 2.64 bits per heavy atom. The first kappa shape index (κ1) is 11.0. The van der Waals surface area contributed by atoms with Crippen molar-refractivity contribution in [2.75, 3.05) is 7.11 Å². The number of methoxy groups -OCH3 is 1. The van der Waals surface area contributed by atoms with E-state index in [0.29, 0.717) is 0 Å². The minimum absolute atomic E-state index is 0.103. The highest BCUT2D eigenvalue weighted by Gasteiger charge is 2.20. The fraction of sp³-hybridized carbons (Fsp3) is 0.700. The van der Waals surface area contributed by atoms with E-state index in [9.17, 15) is 0 Å². The number of hydrogen-bond donors (Lipinski definition) is 1. The van der Waals surface area contributed by atoms with Crippen molar-refractivity contribution in [1.82, 2.24) is 9.78 Å². The van der Waals surface area contributed by atoms with Crippen LogP contribution >= 0.6 is 0 Å². The topological polar surface area (TPSA) is 53.1 Å². The average molecular weight is 197 g/mol. The van der Waals surface area contributed by atoms with Crippen LogP contribution in [0.3, 0.4) is 0 Å². The van der Waals surface area contributed by atoms with E-state index in [1.807, 2.05) is 11.6 Å². The molecule has 4 nitrogen and oxygen atoms in total. The standard InChI is InChI=1S/C10H19N3O/c1-5-13-10(7(2)8(3)11)9(14-4)6-12-13/h6-8H,5,11H2,1-4H3. The van der Waals surface area contributed by atoms with E-state index in [0.717, 1.165) is 18.0 Å². The normalized spacial score (nSPS) is 15.2. The first-order valence-electron chi connectivity index (χ1n) is 4.97. The minimum atomic E-state index is 0.103. The molecule has 80 valence electrons. The molecule has 0 amide bonds. The van der Waals surface area contributed by atoms with Crippen molar-refractivity contribution >= 4 is 0 Å². The van der Waals surface area contributed by atoms with Gasteiger partial charge in [-0.1, -0.05) is 6.92 Å². The quantitative estimate of drug-likeness (QED) is 0.793. The molecule has 1 aromatic rings. The van der Waals surface area contributed by atoms with Crippen LogP contribution in [0, 0.1) is 0 Å². The predicted octanol–water partition coefficient (Wildman–Crippen LogP) is 1.36. The van der Waals surface area contributed by atoms with Gasteiger partial charge in [-0.2, -0.15) is 5.10 Å². The van der Waals surface area contributed by atoms with Gasteiger partial charge < -0.3 is 10.5 Å². The fourth-order valence-electron chi connectivity index (χ4n) is 1.50. The zero-order valence-corrected chi connectivity index (χ0v) is 9.32. The molecule has 2 unspecified atom stereocenters. The molecular weight excluding hydrogens is 178 g/mol. The van der Waals surface area contributed by atoms with Gasteiger partial charge in [0.25, 0.3) is 0 Å². The maximum Gasteiger partial charge on any atom is 0.160 e. The predicted molar refractivity (Wildman–Crippen MR) is 56.5 cm³/mol. The third-order valence-corrected chi connectivity index (χ3v) is 2.58. The van der Waals surface area contributed by atoms with Crippen LogP contribution in [0.4, 0.5) is 0 Å². The zero-order valence-electron chi connectivity index (χ0n) is 9.32. The lowest BCUT2D eigenvalue weighted by molar-refractivity contribution is 0.398. The van der Waals surface area contributed by atoms with Crippen molar-refractivity contribution in [3.8, 4) is 5.75 Å². The van der Waals surface area contributed by atoms with Gasteiger partial charge in [0.2, 0.25) is 0 Å². The third kappa shape index (κ3) is 1.90. The highest BCUT2D eigenvalue weighted by Crippen LogP contribution is 2.27. The molecule has 0 aromatic carbocycles. The van der Waals surface area contributed by atoms with Crippen LogP contribution in [0.2, 0.25) is 0 Å². The molecule has 1 heterocycles. The summed E-state index contributed by atoms with van der Waals surface area (Å²) >= 11 is 0. The molecule has 0 aliphatic carbocycles. The zero-order chi connectivity index (χ0) is 10.7. The second-order valence-corrected chi connectivity index (χ2v) is 3.56. The van der Waals surface area contributed by atoms with E-state index < -0.39 is 0 Å². The van der Waals surface area contributed by atoms with E-state index in [-0.39, 0.29) is 12.0 Å². The SMILES string of the molecule is CCn1ncc(OC)c1C(C)C(C)N. The van der Waals surface area contributed by atoms with Crippen molar-refractivity contribution in [3.63, 3.8) is 0 Å². The highest BCUT2D eigenvalue weighted by atomic mass is 16.5. The summed E-state index contributed by atoms with van der Waals surface area (Å²) in [7, 11) is 1.66. The summed E-state index contributed by atoms with van der Waals surface area (Å²) in [6.07, 6.45) is 1.75. The number of aryl methyl sites for hydroxylation is 1. The Morgan fingerprint density at radius 1 is 1.57 bits per heavy atom. The minimum Gasteiger partial charge on any atom is -0.493 e. The Hall–Kier alpha value is -1.03. The van der Waals surface area contributed by atoms with E-state index >= 15 is 0 Å². The van der Waals surface area contributed by atoms with E-state index in [1.165, 1.54) is 0 Å². The smallest absolute Gasteiger partial charge is 0.160 e. The van der Waals surface area contributed by atoms with Crippen LogP contribution in [-0.4, -0.2) is 22.9 Å². The molecule has 0 saturated carbocycles. The summed E-state index contributed by atoms with van der Waals surface area (Å²) < 4.78 is 7.20. The van der Waals surface area contributed by atoms with Gasteiger partial charge in [0.15, 0.2) is 5.75 Å². The number of hydrogen-bond acceptors (Lipinski definition) is 3. The molecule has 0 bridgehead atoms. The molecule has 2 atom stereocenters. The number of aromatic nitrogens is 2. The fourth-order valence-corrected chi connectivity index (χ4v) is 1.50. The lowest BCUT2D eigenvalue weighted by Gasteiger charge is -2.18. The Kier molecular flexibility index (Phi) is 3.52. The van der Waals surface area contributed by atoms with Crippen LogP contribution in [0.25, 0.3) is 0 Å². The van der Waals surface area contributed by atoms with Gasteiger partial charge in [-0.15, -0.1) is 0 Å². The number of ether oxygens (including phenoxy) is 1. The molecule has 0 spiro atoms. The van der Waals surface area contributed by atoms with Gasteiger partial charge >= 0.3 is 0 Å². The Morgan fingerprint density at radius 2 is 2.21 bits per heavy atom. The molecule has 1 aromatic heterocycles. The molecule has 14 heavy (non-hydrogen) atoms. The van der Waals surface area contributed by atoms with Crippen LogP contribution in [-0.2, 0) is 6.54 Å². The maximum absolute atomic E-state index is 5.88. The van der Waals surface area contributed by atoms with E-state index in [1.54, 1.807) is 13.3 Å². The second-order valence-electron chi connectivity index (χ2n) is 3.56. The van der Waals surface area contributed by atoms with Crippen LogP contribution < -0.4 is 10.5 Å². The van der Waals surface area contributed by atoms with Gasteiger partial charge in [-0.3, -0.25) is 4.68 Å². The van der Waals surface area contributed by atoms with E-state index in [4.69, 9.17) is 10.5 Å². The van der Waals surface area contributed by atoms with Gasteiger partial charge in [0.1, 0.15) is 0 Å². The Balaban J connectivity index is 3.07. The molecule has 2 N–H and O–H groups in total. The monoisotopic (exact) mass is 197 g/mol. The van der Waals surface area contributed by atoms with Crippen molar-refractivity contribution in [2.45, 2.75) is 39.3 Å². The van der Waals surface area contributed by atoms with Crippen molar-refractivity contribution < 1.29 is 4.74 Å². The summed E-state index contributed by atoms with van der Waals surface area (Å²) in [6, 6.07) is 0.103. The maximum atomic E-state index is 5.88. The molecule has 0 aliphatic heterocycles. The first-order valence-corrected chi connectivity index (χ1v) is 4.97. The first-order chi connectivity index (χ1) is 6.61. The van der Waals surface area contributed by atoms with Crippen molar-refractivity contribution in [3.05, 3.63) is 11.9 Å². The summed E-state index contributed by atoms with van der Waals surface area (Å²) in [4.78, 5) is 0. The lowest BCUT2D eigenvalue weighted by Crippen LogP contribution is -2.25. The van der Waals surface area contributed by atoms with Crippen molar-refractivity contribution in [2.24, 2.45) is 5.73 Å². The third-order valence-electron chi connectivity index (χ3n) is 2.58. The lowest BCUT2D eigenvalue weighted by atomic mass is 10.00. The second kappa shape index (κ2) is 4.46. The molecule has 0 saturated heterocycles. The largest absolute Gasteiger partial charge is 0.493 e. The Bertz CT molecular complexity index is 272. The molecule has 0 fully saturated rings.